The van der Waals surface area contributed by atoms with Gasteiger partial charge in [-0.2, -0.15) is 0 Å². The number of likely N-dealkylation sites (N-methyl/N-ethyl adjacent to an activating group) is 1. The molecule has 0 aliphatic rings. The van der Waals surface area contributed by atoms with Gasteiger partial charge in [0.25, 0.3) is 0 Å². The lowest BCUT2D eigenvalue weighted by molar-refractivity contribution is -0.118. The number of carbonyl (C=O) groups is 1. The highest BCUT2D eigenvalue weighted by Gasteiger charge is 1.99. The molecule has 0 rings (SSSR count). The molecule has 5 heteroatoms. The summed E-state index contributed by atoms with van der Waals surface area (Å²) in [6.45, 7) is 0.983. The average Bonchev–Trinajstić information content (AvgIpc) is 1.63. The van der Waals surface area contributed by atoms with Crippen LogP contribution in [0.2, 0.25) is 0 Å². The number of hydrogen-bond donors (Lipinski definition) is 1. The van der Waals surface area contributed by atoms with Crippen LogP contribution in [0.1, 0.15) is 0 Å². The van der Waals surface area contributed by atoms with Crippen molar-refractivity contribution in [1.82, 2.24) is 4.90 Å². The van der Waals surface area contributed by atoms with E-state index in [2.05, 4.69) is 0 Å². The summed E-state index contributed by atoms with van der Waals surface area (Å²) in [5, 5.41) is 0. The molecule has 0 bridgehead atoms. The predicted molar refractivity (Wildman–Crippen MR) is 44.7 cm³/mol. The molecule has 62 valence electrons. The Balaban J connectivity index is 0. The molecule has 0 saturated heterocycles. The maximum atomic E-state index is 10.2. The fraction of sp³-hybridized carbons (Fsp3) is 0.800. The number of alkyl halides is 1. The van der Waals surface area contributed by atoms with Gasteiger partial charge in [0.2, 0.25) is 5.91 Å². The molecule has 0 unspecified atom stereocenters. The van der Waals surface area contributed by atoms with Gasteiger partial charge in [-0.1, -0.05) is 0 Å². The molecule has 0 aromatic heterocycles. The Labute approximate surface area is 71.9 Å². The van der Waals surface area contributed by atoms with Gasteiger partial charge < -0.3 is 5.73 Å². The molecule has 0 radical (unpaired) electrons. The van der Waals surface area contributed by atoms with E-state index in [4.69, 9.17) is 17.3 Å². The zero-order chi connectivity index (χ0) is 7.28. The number of nitrogens with zero attached hydrogens (tertiary/aromatic N) is 1. The van der Waals surface area contributed by atoms with Crippen molar-refractivity contribution >= 4 is 29.9 Å². The number of carbonyl (C=O) groups excluding carboxylic acids is 1. The van der Waals surface area contributed by atoms with Gasteiger partial charge in [-0.25, -0.2) is 0 Å². The van der Waals surface area contributed by atoms with Crippen molar-refractivity contribution in [3.05, 3.63) is 0 Å². The Morgan fingerprint density at radius 1 is 1.70 bits per heavy atom. The summed E-state index contributed by atoms with van der Waals surface area (Å²) in [4.78, 5) is 12.0. The molecule has 0 saturated carbocycles. The van der Waals surface area contributed by atoms with Gasteiger partial charge in [0.05, 0.1) is 6.54 Å². The first kappa shape index (κ1) is 12.7. The maximum absolute atomic E-state index is 10.2. The van der Waals surface area contributed by atoms with E-state index in [1.54, 1.807) is 11.9 Å². The van der Waals surface area contributed by atoms with E-state index in [0.717, 1.165) is 0 Å². The molecule has 3 nitrogen and oxygen atoms in total. The molecule has 0 atom stereocenters. The monoisotopic (exact) mass is 186 g/mol. The van der Waals surface area contributed by atoms with Crippen molar-refractivity contribution in [2.75, 3.05) is 26.0 Å². The van der Waals surface area contributed by atoms with Gasteiger partial charge >= 0.3 is 0 Å². The highest BCUT2D eigenvalue weighted by molar-refractivity contribution is 6.18. The molecular weight excluding hydrogens is 175 g/mol. The standard InChI is InChI=1S/C5H11ClN2O.ClH/c1-8(3-2-6)4-5(7)9;/h2-4H2,1H3,(H2,7,9);1H. The predicted octanol–water partition coefficient (Wildman–Crippen LogP) is 0.0641. The zero-order valence-corrected chi connectivity index (χ0v) is 7.41. The van der Waals surface area contributed by atoms with Crippen molar-refractivity contribution in [3.63, 3.8) is 0 Å². The normalized spacial score (nSPS) is 9.10. The molecule has 1 amide bonds. The van der Waals surface area contributed by atoms with E-state index in [-0.39, 0.29) is 24.9 Å². The first-order valence-corrected chi connectivity index (χ1v) is 3.23. The second-order valence-electron chi connectivity index (χ2n) is 1.89. The molecule has 2 N–H and O–H groups in total. The summed E-state index contributed by atoms with van der Waals surface area (Å²) in [6.07, 6.45) is 0. The third-order valence-corrected chi connectivity index (χ3v) is 1.06. The van der Waals surface area contributed by atoms with Gasteiger partial charge in [-0.05, 0) is 7.05 Å². The Kier molecular flexibility index (Phi) is 9.02. The molecule has 0 aliphatic carbocycles. The molecular formula is C5H12Cl2N2O. The second kappa shape index (κ2) is 7.12. The van der Waals surface area contributed by atoms with Crippen LogP contribution in [-0.4, -0.2) is 36.8 Å². The van der Waals surface area contributed by atoms with E-state index in [1.165, 1.54) is 0 Å². The number of halogens is 2. The van der Waals surface area contributed by atoms with Crippen LogP contribution in [0.15, 0.2) is 0 Å². The Hall–Kier alpha value is 0.01000. The van der Waals surface area contributed by atoms with Crippen LogP contribution in [0.3, 0.4) is 0 Å². The van der Waals surface area contributed by atoms with Crippen molar-refractivity contribution in [2.24, 2.45) is 5.73 Å². The largest absolute Gasteiger partial charge is 0.369 e. The molecule has 0 fully saturated rings. The van der Waals surface area contributed by atoms with Crippen LogP contribution in [0.5, 0.6) is 0 Å². The molecule has 0 aromatic rings. The van der Waals surface area contributed by atoms with Crippen LogP contribution >= 0.6 is 24.0 Å². The third-order valence-electron chi connectivity index (χ3n) is 0.892. The van der Waals surface area contributed by atoms with E-state index in [1.807, 2.05) is 0 Å². The molecule has 0 heterocycles. The molecule has 0 aromatic carbocycles. The minimum absolute atomic E-state index is 0. The summed E-state index contributed by atoms with van der Waals surface area (Å²) in [7, 11) is 1.80. The number of rotatable bonds is 4. The van der Waals surface area contributed by atoms with Crippen molar-refractivity contribution in [2.45, 2.75) is 0 Å². The SMILES string of the molecule is CN(CCCl)CC(N)=O.Cl. The summed E-state index contributed by atoms with van der Waals surface area (Å²) in [6, 6.07) is 0. The van der Waals surface area contributed by atoms with E-state index >= 15 is 0 Å². The average molecular weight is 187 g/mol. The first-order valence-electron chi connectivity index (χ1n) is 2.69. The highest BCUT2D eigenvalue weighted by Crippen LogP contribution is 1.82. The molecule has 0 aliphatic heterocycles. The van der Waals surface area contributed by atoms with Crippen LogP contribution in [-0.2, 0) is 4.79 Å². The van der Waals surface area contributed by atoms with Crippen LogP contribution in [0.25, 0.3) is 0 Å². The Bertz CT molecular complexity index is 99.6. The number of amides is 1. The van der Waals surface area contributed by atoms with E-state index < -0.39 is 0 Å². The number of nitrogens with two attached hydrogens (primary N) is 1. The van der Waals surface area contributed by atoms with Gasteiger partial charge in [0.15, 0.2) is 0 Å². The topological polar surface area (TPSA) is 46.3 Å². The van der Waals surface area contributed by atoms with E-state index in [9.17, 15) is 4.79 Å². The second-order valence-corrected chi connectivity index (χ2v) is 2.27. The lowest BCUT2D eigenvalue weighted by Gasteiger charge is -2.10. The van der Waals surface area contributed by atoms with Crippen LogP contribution in [0, 0.1) is 0 Å². The van der Waals surface area contributed by atoms with E-state index in [0.29, 0.717) is 12.4 Å². The maximum Gasteiger partial charge on any atom is 0.231 e. The first-order chi connectivity index (χ1) is 4.16. The van der Waals surface area contributed by atoms with Crippen molar-refractivity contribution in [3.8, 4) is 0 Å². The quantitative estimate of drug-likeness (QED) is 0.632. The van der Waals surface area contributed by atoms with Crippen LogP contribution in [0.4, 0.5) is 0 Å². The highest BCUT2D eigenvalue weighted by atomic mass is 35.5. The summed E-state index contributed by atoms with van der Waals surface area (Å²) >= 11 is 5.39. The smallest absolute Gasteiger partial charge is 0.231 e. The third kappa shape index (κ3) is 8.01. The van der Waals surface area contributed by atoms with Crippen molar-refractivity contribution < 1.29 is 4.79 Å². The van der Waals surface area contributed by atoms with Gasteiger partial charge in [-0.3, -0.25) is 9.69 Å². The zero-order valence-electron chi connectivity index (χ0n) is 5.84. The number of hydrogen-bond acceptors (Lipinski definition) is 2. The fourth-order valence-electron chi connectivity index (χ4n) is 0.489. The molecule has 0 spiro atoms. The fourth-order valence-corrected chi connectivity index (χ4v) is 0.778. The minimum atomic E-state index is -0.317. The minimum Gasteiger partial charge on any atom is -0.369 e. The summed E-state index contributed by atoms with van der Waals surface area (Å²) < 4.78 is 0. The van der Waals surface area contributed by atoms with Gasteiger partial charge in [-0.15, -0.1) is 24.0 Å². The van der Waals surface area contributed by atoms with Gasteiger partial charge in [0, 0.05) is 12.4 Å². The summed E-state index contributed by atoms with van der Waals surface area (Å²) in [5.41, 5.74) is 4.90. The Morgan fingerprint density at radius 2 is 2.20 bits per heavy atom. The summed E-state index contributed by atoms with van der Waals surface area (Å²) in [5.74, 6) is 0.215. The van der Waals surface area contributed by atoms with Crippen LogP contribution < -0.4 is 5.73 Å². The van der Waals surface area contributed by atoms with Crippen molar-refractivity contribution in [1.29, 1.82) is 0 Å². The lowest BCUT2D eigenvalue weighted by Crippen LogP contribution is -2.31. The molecule has 10 heavy (non-hydrogen) atoms. The lowest BCUT2D eigenvalue weighted by atomic mass is 10.5. The van der Waals surface area contributed by atoms with Gasteiger partial charge in [0.1, 0.15) is 0 Å². The number of primary amides is 1. The Morgan fingerprint density at radius 3 is 2.50 bits per heavy atom.